The summed E-state index contributed by atoms with van der Waals surface area (Å²) in [5.74, 6) is -1.21. The predicted octanol–water partition coefficient (Wildman–Crippen LogP) is 0.966. The average molecular weight is 372 g/mol. The lowest BCUT2D eigenvalue weighted by Crippen LogP contribution is -2.48. The zero-order chi connectivity index (χ0) is 18.2. The van der Waals surface area contributed by atoms with Crippen molar-refractivity contribution in [2.45, 2.75) is 23.8 Å². The number of piperidine rings is 1. The third-order valence-corrected chi connectivity index (χ3v) is 6.23. The van der Waals surface area contributed by atoms with Gasteiger partial charge in [0, 0.05) is 19.1 Å². The fourth-order valence-corrected chi connectivity index (χ4v) is 4.50. The van der Waals surface area contributed by atoms with E-state index in [0.29, 0.717) is 12.8 Å². The Morgan fingerprint density at radius 2 is 1.92 bits per heavy atom. The topological polar surface area (TPSA) is 93.2 Å². The molecule has 0 bridgehead atoms. The van der Waals surface area contributed by atoms with Crippen LogP contribution in [0.25, 0.3) is 0 Å². The number of carbonyl (C=O) groups is 2. The summed E-state index contributed by atoms with van der Waals surface area (Å²) in [5.41, 5.74) is 0. The number of ether oxygens (including phenoxy) is 2. The minimum absolute atomic E-state index is 0.0382. The van der Waals surface area contributed by atoms with Gasteiger partial charge in [0.1, 0.15) is 0 Å². The van der Waals surface area contributed by atoms with Gasteiger partial charge in [-0.25, -0.2) is 22.5 Å². The van der Waals surface area contributed by atoms with Crippen molar-refractivity contribution in [1.82, 2.24) is 9.21 Å². The normalized spacial score (nSPS) is 20.0. The summed E-state index contributed by atoms with van der Waals surface area (Å²) in [5, 5.41) is 0. The Hall–Kier alpha value is -2.20. The molecule has 0 N–H and O–H groups in total. The van der Waals surface area contributed by atoms with E-state index in [9.17, 15) is 22.4 Å². The van der Waals surface area contributed by atoms with E-state index < -0.39 is 27.8 Å². The Morgan fingerprint density at radius 1 is 1.24 bits per heavy atom. The second-order valence-electron chi connectivity index (χ2n) is 5.75. The van der Waals surface area contributed by atoms with Crippen molar-refractivity contribution in [3.05, 3.63) is 24.0 Å². The lowest BCUT2D eigenvalue weighted by molar-refractivity contribution is -0.127. The summed E-state index contributed by atoms with van der Waals surface area (Å²) >= 11 is 0. The van der Waals surface area contributed by atoms with Gasteiger partial charge in [-0.2, -0.15) is 4.31 Å². The van der Waals surface area contributed by atoms with Crippen LogP contribution in [0.1, 0.15) is 12.8 Å². The number of nitrogens with zero attached hydrogens (tertiary/aromatic N) is 2. The number of hydrogen-bond donors (Lipinski definition) is 0. The van der Waals surface area contributed by atoms with Gasteiger partial charge in [0.2, 0.25) is 10.0 Å². The van der Waals surface area contributed by atoms with Crippen LogP contribution < -0.4 is 4.74 Å². The zero-order valence-corrected chi connectivity index (χ0v) is 14.3. The van der Waals surface area contributed by atoms with E-state index in [1.165, 1.54) is 23.5 Å². The average Bonchev–Trinajstić information content (AvgIpc) is 2.93. The molecular formula is C15H17FN2O6S. The lowest BCUT2D eigenvalue weighted by atomic mass is 10.1. The summed E-state index contributed by atoms with van der Waals surface area (Å²) in [7, 11) is -2.57. The van der Waals surface area contributed by atoms with Crippen LogP contribution in [0.15, 0.2) is 23.1 Å². The van der Waals surface area contributed by atoms with Crippen LogP contribution in [0, 0.1) is 5.82 Å². The Labute approximate surface area is 144 Å². The third-order valence-electron chi connectivity index (χ3n) is 4.33. The molecule has 136 valence electrons. The molecule has 3 rings (SSSR count). The summed E-state index contributed by atoms with van der Waals surface area (Å²) in [4.78, 5) is 24.1. The molecule has 2 heterocycles. The van der Waals surface area contributed by atoms with Crippen molar-refractivity contribution in [2.24, 2.45) is 0 Å². The van der Waals surface area contributed by atoms with Crippen molar-refractivity contribution in [3.8, 4) is 5.75 Å². The standard InChI is InChI=1S/C15H17FN2O6S/c1-23-13-3-2-11(8-12(13)16)25(21,22)17-6-4-10(5-7-17)18-14(19)9-24-15(18)20/h2-3,8,10H,4-7,9H2,1H3. The van der Waals surface area contributed by atoms with Gasteiger partial charge in [0.25, 0.3) is 5.91 Å². The molecule has 2 amide bonds. The highest BCUT2D eigenvalue weighted by Crippen LogP contribution is 2.27. The first-order valence-electron chi connectivity index (χ1n) is 7.67. The van der Waals surface area contributed by atoms with E-state index in [4.69, 9.17) is 4.74 Å². The largest absolute Gasteiger partial charge is 0.494 e. The number of sulfonamides is 1. The number of carbonyl (C=O) groups excluding carboxylic acids is 2. The Bertz CT molecular complexity index is 788. The maximum absolute atomic E-state index is 13.8. The number of hydrogen-bond acceptors (Lipinski definition) is 6. The van der Waals surface area contributed by atoms with E-state index in [0.717, 1.165) is 11.0 Å². The number of halogens is 1. The molecule has 0 radical (unpaired) electrons. The Kier molecular flexibility index (Phi) is 4.65. The van der Waals surface area contributed by atoms with Gasteiger partial charge in [-0.1, -0.05) is 0 Å². The van der Waals surface area contributed by atoms with Crippen molar-refractivity contribution >= 4 is 22.0 Å². The molecule has 2 fully saturated rings. The van der Waals surface area contributed by atoms with Gasteiger partial charge in [-0.3, -0.25) is 4.79 Å². The van der Waals surface area contributed by atoms with Crippen molar-refractivity contribution in [1.29, 1.82) is 0 Å². The number of cyclic esters (lactones) is 1. The molecule has 0 aliphatic carbocycles. The first-order chi connectivity index (χ1) is 11.8. The maximum atomic E-state index is 13.8. The molecule has 1 aromatic carbocycles. The predicted molar refractivity (Wildman–Crippen MR) is 82.9 cm³/mol. The fraction of sp³-hybridized carbons (Fsp3) is 0.467. The second kappa shape index (κ2) is 6.60. The van der Waals surface area contributed by atoms with E-state index in [1.807, 2.05) is 0 Å². The third kappa shape index (κ3) is 3.19. The van der Waals surface area contributed by atoms with Crippen LogP contribution in [-0.4, -0.2) is 62.5 Å². The molecule has 2 aliphatic heterocycles. The second-order valence-corrected chi connectivity index (χ2v) is 7.69. The van der Waals surface area contributed by atoms with E-state index in [1.54, 1.807) is 0 Å². The fourth-order valence-electron chi connectivity index (χ4n) is 3.01. The van der Waals surface area contributed by atoms with Gasteiger partial charge in [0.15, 0.2) is 18.2 Å². The smallest absolute Gasteiger partial charge is 0.417 e. The van der Waals surface area contributed by atoms with Gasteiger partial charge in [-0.05, 0) is 31.0 Å². The monoisotopic (exact) mass is 372 g/mol. The molecule has 0 unspecified atom stereocenters. The van der Waals surface area contributed by atoms with Gasteiger partial charge < -0.3 is 9.47 Å². The maximum Gasteiger partial charge on any atom is 0.417 e. The van der Waals surface area contributed by atoms with Crippen LogP contribution >= 0.6 is 0 Å². The number of methoxy groups -OCH3 is 1. The molecule has 0 atom stereocenters. The highest BCUT2D eigenvalue weighted by molar-refractivity contribution is 7.89. The zero-order valence-electron chi connectivity index (χ0n) is 13.5. The Morgan fingerprint density at radius 3 is 2.44 bits per heavy atom. The lowest BCUT2D eigenvalue weighted by Gasteiger charge is -2.34. The molecule has 2 saturated heterocycles. The van der Waals surface area contributed by atoms with Crippen LogP contribution in [0.5, 0.6) is 5.75 Å². The number of benzene rings is 1. The summed E-state index contributed by atoms with van der Waals surface area (Å²) in [6, 6.07) is 3.07. The van der Waals surface area contributed by atoms with Crippen molar-refractivity contribution < 1.29 is 31.9 Å². The van der Waals surface area contributed by atoms with E-state index >= 15 is 0 Å². The van der Waals surface area contributed by atoms with Crippen LogP contribution in [0.3, 0.4) is 0 Å². The molecule has 0 aromatic heterocycles. The SMILES string of the molecule is COc1ccc(S(=O)(=O)N2CCC(N3C(=O)COC3=O)CC2)cc1F. The molecule has 0 spiro atoms. The Balaban J connectivity index is 1.72. The van der Waals surface area contributed by atoms with Crippen molar-refractivity contribution in [2.75, 3.05) is 26.8 Å². The molecule has 25 heavy (non-hydrogen) atoms. The van der Waals surface area contributed by atoms with E-state index in [-0.39, 0.29) is 36.4 Å². The van der Waals surface area contributed by atoms with E-state index in [2.05, 4.69) is 4.74 Å². The molecule has 2 aliphatic rings. The molecule has 10 heteroatoms. The van der Waals surface area contributed by atoms with Crippen LogP contribution in [0.4, 0.5) is 9.18 Å². The molecule has 0 saturated carbocycles. The van der Waals surface area contributed by atoms with Crippen molar-refractivity contribution in [3.63, 3.8) is 0 Å². The highest BCUT2D eigenvalue weighted by atomic mass is 32.2. The first-order valence-corrected chi connectivity index (χ1v) is 9.11. The first kappa shape index (κ1) is 17.6. The number of amides is 2. The summed E-state index contributed by atoms with van der Waals surface area (Å²) in [6.45, 7) is -0.0299. The summed E-state index contributed by atoms with van der Waals surface area (Å²) < 4.78 is 49.8. The minimum atomic E-state index is -3.87. The number of imide groups is 1. The quantitative estimate of drug-likeness (QED) is 0.782. The van der Waals surface area contributed by atoms with Gasteiger partial charge >= 0.3 is 6.09 Å². The minimum Gasteiger partial charge on any atom is -0.494 e. The highest BCUT2D eigenvalue weighted by Gasteiger charge is 2.40. The molecular weight excluding hydrogens is 355 g/mol. The van der Waals surface area contributed by atoms with Gasteiger partial charge in [0.05, 0.1) is 12.0 Å². The van der Waals surface area contributed by atoms with Crippen LogP contribution in [-0.2, 0) is 19.6 Å². The van der Waals surface area contributed by atoms with Gasteiger partial charge in [-0.15, -0.1) is 0 Å². The molecule has 1 aromatic rings. The van der Waals surface area contributed by atoms with Crippen LogP contribution in [0.2, 0.25) is 0 Å². The molecule has 8 nitrogen and oxygen atoms in total. The summed E-state index contributed by atoms with van der Waals surface area (Å²) in [6.07, 6.45) is -0.0826. The number of rotatable bonds is 4.